The van der Waals surface area contributed by atoms with Crippen LogP contribution in [-0.2, 0) is 4.79 Å². The summed E-state index contributed by atoms with van der Waals surface area (Å²) < 4.78 is 0. The van der Waals surface area contributed by atoms with Gasteiger partial charge in [-0.05, 0) is 52.0 Å². The normalized spacial score (nSPS) is 25.8. The number of hydrogen-bond donors (Lipinski definition) is 1. The van der Waals surface area contributed by atoms with Crippen molar-refractivity contribution < 1.29 is 4.79 Å². The molecule has 0 aromatic carbocycles. The Hall–Kier alpha value is -0.570. The molecule has 0 radical (unpaired) electrons. The highest BCUT2D eigenvalue weighted by Gasteiger charge is 2.21. The second-order valence-corrected chi connectivity index (χ2v) is 5.77. The average molecular weight is 254 g/mol. The van der Waals surface area contributed by atoms with E-state index in [2.05, 4.69) is 12.2 Å². The van der Waals surface area contributed by atoms with E-state index in [9.17, 15) is 4.79 Å². The zero-order valence-electron chi connectivity index (χ0n) is 12.5. The van der Waals surface area contributed by atoms with Gasteiger partial charge in [0.25, 0.3) is 0 Å². The Labute approximate surface area is 112 Å². The van der Waals surface area contributed by atoms with Gasteiger partial charge in [-0.25, -0.2) is 0 Å². The van der Waals surface area contributed by atoms with Gasteiger partial charge in [0.2, 0.25) is 5.91 Å². The monoisotopic (exact) mass is 254 g/mol. The van der Waals surface area contributed by atoms with E-state index in [-0.39, 0.29) is 11.9 Å². The van der Waals surface area contributed by atoms with Gasteiger partial charge in [0, 0.05) is 13.1 Å². The number of carbonyl (C=O) groups is 1. The quantitative estimate of drug-likeness (QED) is 0.790. The predicted octanol–water partition coefficient (Wildman–Crippen LogP) is 2.66. The number of carbonyl (C=O) groups excluding carboxylic acids is 1. The molecule has 0 aromatic rings. The van der Waals surface area contributed by atoms with Crippen molar-refractivity contribution in [2.45, 2.75) is 59.4 Å². The lowest BCUT2D eigenvalue weighted by Crippen LogP contribution is -2.46. The van der Waals surface area contributed by atoms with Gasteiger partial charge in [-0.1, -0.05) is 19.8 Å². The third-order valence-electron chi connectivity index (χ3n) is 4.29. The van der Waals surface area contributed by atoms with Crippen molar-refractivity contribution in [3.05, 3.63) is 0 Å². The standard InChI is InChI=1S/C15H30N2O/c1-5-17(6-2)15(18)13(4)16-11-14-9-7-12(3)8-10-14/h12-14,16H,5-11H2,1-4H3. The third-order valence-corrected chi connectivity index (χ3v) is 4.29. The molecule has 3 heteroatoms. The molecule has 1 saturated carbocycles. The van der Waals surface area contributed by atoms with Gasteiger partial charge < -0.3 is 10.2 Å². The van der Waals surface area contributed by atoms with Crippen molar-refractivity contribution in [3.63, 3.8) is 0 Å². The van der Waals surface area contributed by atoms with E-state index in [1.54, 1.807) is 0 Å². The Morgan fingerprint density at radius 3 is 2.28 bits per heavy atom. The van der Waals surface area contributed by atoms with Gasteiger partial charge in [0.05, 0.1) is 6.04 Å². The lowest BCUT2D eigenvalue weighted by atomic mass is 9.83. The van der Waals surface area contributed by atoms with Crippen LogP contribution in [0.3, 0.4) is 0 Å². The molecule has 106 valence electrons. The van der Waals surface area contributed by atoms with Crippen LogP contribution in [0.4, 0.5) is 0 Å². The van der Waals surface area contributed by atoms with Crippen LogP contribution in [0.1, 0.15) is 53.4 Å². The van der Waals surface area contributed by atoms with Gasteiger partial charge in [-0.3, -0.25) is 4.79 Å². The maximum absolute atomic E-state index is 12.1. The number of likely N-dealkylation sites (N-methyl/N-ethyl adjacent to an activating group) is 1. The topological polar surface area (TPSA) is 32.3 Å². The highest BCUT2D eigenvalue weighted by Crippen LogP contribution is 2.27. The molecule has 1 unspecified atom stereocenters. The third kappa shape index (κ3) is 4.60. The van der Waals surface area contributed by atoms with Crippen molar-refractivity contribution >= 4 is 5.91 Å². The van der Waals surface area contributed by atoms with Gasteiger partial charge in [0.1, 0.15) is 0 Å². The van der Waals surface area contributed by atoms with Crippen LogP contribution in [0.2, 0.25) is 0 Å². The zero-order valence-corrected chi connectivity index (χ0v) is 12.5. The average Bonchev–Trinajstić information content (AvgIpc) is 2.39. The highest BCUT2D eigenvalue weighted by molar-refractivity contribution is 5.81. The number of nitrogens with one attached hydrogen (secondary N) is 1. The van der Waals surface area contributed by atoms with Gasteiger partial charge in [0.15, 0.2) is 0 Å². The van der Waals surface area contributed by atoms with E-state index in [1.807, 2.05) is 25.7 Å². The molecule has 18 heavy (non-hydrogen) atoms. The Balaban J connectivity index is 2.27. The summed E-state index contributed by atoms with van der Waals surface area (Å²) in [7, 11) is 0. The smallest absolute Gasteiger partial charge is 0.239 e. The van der Waals surface area contributed by atoms with Crippen LogP contribution >= 0.6 is 0 Å². The molecular weight excluding hydrogens is 224 g/mol. The molecule has 0 bridgehead atoms. The van der Waals surface area contributed by atoms with Crippen LogP contribution in [0.15, 0.2) is 0 Å². The maximum atomic E-state index is 12.1. The molecule has 1 aliphatic carbocycles. The summed E-state index contributed by atoms with van der Waals surface area (Å²) in [6.45, 7) is 11.0. The summed E-state index contributed by atoms with van der Waals surface area (Å²) in [4.78, 5) is 14.0. The van der Waals surface area contributed by atoms with Gasteiger partial charge in [-0.2, -0.15) is 0 Å². The van der Waals surface area contributed by atoms with Crippen LogP contribution in [0.5, 0.6) is 0 Å². The lowest BCUT2D eigenvalue weighted by Gasteiger charge is -2.28. The van der Waals surface area contributed by atoms with Crippen molar-refractivity contribution in [1.29, 1.82) is 0 Å². The fourth-order valence-corrected chi connectivity index (χ4v) is 2.77. The molecule has 1 atom stereocenters. The molecule has 1 fully saturated rings. The molecule has 1 amide bonds. The molecule has 0 saturated heterocycles. The first-order valence-electron chi connectivity index (χ1n) is 7.60. The van der Waals surface area contributed by atoms with E-state index in [0.29, 0.717) is 0 Å². The van der Waals surface area contributed by atoms with Crippen molar-refractivity contribution in [3.8, 4) is 0 Å². The summed E-state index contributed by atoms with van der Waals surface area (Å²) in [5.74, 6) is 1.91. The van der Waals surface area contributed by atoms with Crippen LogP contribution < -0.4 is 5.32 Å². The van der Waals surface area contributed by atoms with Crippen molar-refractivity contribution in [1.82, 2.24) is 10.2 Å². The second kappa shape index (κ2) is 7.78. The number of nitrogens with zero attached hydrogens (tertiary/aromatic N) is 1. The predicted molar refractivity (Wildman–Crippen MR) is 76.5 cm³/mol. The zero-order chi connectivity index (χ0) is 13.5. The van der Waals surface area contributed by atoms with Gasteiger partial charge in [-0.15, -0.1) is 0 Å². The minimum Gasteiger partial charge on any atom is -0.342 e. The fraction of sp³-hybridized carbons (Fsp3) is 0.933. The molecule has 0 heterocycles. The van der Waals surface area contributed by atoms with Crippen molar-refractivity contribution in [2.75, 3.05) is 19.6 Å². The van der Waals surface area contributed by atoms with Crippen LogP contribution in [-0.4, -0.2) is 36.5 Å². The first-order chi connectivity index (χ1) is 8.58. The first-order valence-corrected chi connectivity index (χ1v) is 7.60. The highest BCUT2D eigenvalue weighted by atomic mass is 16.2. The van der Waals surface area contributed by atoms with E-state index < -0.39 is 0 Å². The van der Waals surface area contributed by atoms with E-state index in [4.69, 9.17) is 0 Å². The molecule has 1 N–H and O–H groups in total. The SMILES string of the molecule is CCN(CC)C(=O)C(C)NCC1CCC(C)CC1. The molecule has 0 spiro atoms. The van der Waals surface area contributed by atoms with Crippen molar-refractivity contribution in [2.24, 2.45) is 11.8 Å². The van der Waals surface area contributed by atoms with Gasteiger partial charge >= 0.3 is 0 Å². The fourth-order valence-electron chi connectivity index (χ4n) is 2.77. The minimum atomic E-state index is -0.0377. The Kier molecular flexibility index (Phi) is 6.69. The van der Waals surface area contributed by atoms with E-state index >= 15 is 0 Å². The summed E-state index contributed by atoms with van der Waals surface area (Å²) >= 11 is 0. The minimum absolute atomic E-state index is 0.0377. The Morgan fingerprint density at radius 1 is 1.22 bits per heavy atom. The number of amides is 1. The Bertz CT molecular complexity index is 243. The van der Waals surface area contributed by atoms with E-state index in [1.165, 1.54) is 25.7 Å². The largest absolute Gasteiger partial charge is 0.342 e. The molecule has 0 aliphatic heterocycles. The van der Waals surface area contributed by atoms with Crippen LogP contribution in [0.25, 0.3) is 0 Å². The first kappa shape index (κ1) is 15.5. The number of rotatable bonds is 6. The summed E-state index contributed by atoms with van der Waals surface area (Å²) in [6, 6.07) is -0.0377. The molecule has 1 aliphatic rings. The molecule has 3 nitrogen and oxygen atoms in total. The second-order valence-electron chi connectivity index (χ2n) is 5.77. The maximum Gasteiger partial charge on any atom is 0.239 e. The summed E-state index contributed by atoms with van der Waals surface area (Å²) in [5.41, 5.74) is 0. The number of hydrogen-bond acceptors (Lipinski definition) is 2. The van der Waals surface area contributed by atoms with Crippen LogP contribution in [0, 0.1) is 11.8 Å². The molecule has 0 aromatic heterocycles. The molecule has 1 rings (SSSR count). The van der Waals surface area contributed by atoms with E-state index in [0.717, 1.165) is 31.5 Å². The Morgan fingerprint density at radius 2 is 1.78 bits per heavy atom. The summed E-state index contributed by atoms with van der Waals surface area (Å²) in [5, 5.41) is 3.42. The summed E-state index contributed by atoms with van der Waals surface area (Å²) in [6.07, 6.45) is 5.34. The lowest BCUT2D eigenvalue weighted by molar-refractivity contribution is -0.132. The molecular formula is C15H30N2O.